The molecule has 11 unspecified atom stereocenters. The molecule has 4 N–H and O–H groups in total. The lowest BCUT2D eigenvalue weighted by Gasteiger charge is -2.62. The molecule has 0 bridgehead atoms. The van der Waals surface area contributed by atoms with Gasteiger partial charge < -0.3 is 20.8 Å². The van der Waals surface area contributed by atoms with E-state index in [1.807, 2.05) is 6.92 Å². The van der Waals surface area contributed by atoms with Gasteiger partial charge >= 0.3 is 0 Å². The number of fused-ring (bicyclic) bond motifs is 5. The van der Waals surface area contributed by atoms with Gasteiger partial charge in [0.15, 0.2) is 5.66 Å². The van der Waals surface area contributed by atoms with E-state index in [2.05, 4.69) is 51.7 Å². The maximum Gasteiger partial charge on any atom is 0.242 e. The first-order valence-corrected chi connectivity index (χ1v) is 16.3. The Hall–Kier alpha value is -2.23. The van der Waals surface area contributed by atoms with Gasteiger partial charge in [-0.1, -0.05) is 25.9 Å². The Bertz CT molecular complexity index is 1100. The van der Waals surface area contributed by atoms with Gasteiger partial charge in [-0.3, -0.25) is 9.59 Å². The Kier molecular flexibility index (Phi) is 8.95. The van der Waals surface area contributed by atoms with Crippen molar-refractivity contribution in [3.63, 3.8) is 0 Å². The molecular formula is C31H51N7O4. The molecule has 2 amide bonds. The molecule has 1 heterocycles. The first kappa shape index (κ1) is 31.2. The predicted octanol–water partition coefficient (Wildman–Crippen LogP) is 5.22. The SMILES string of the molecule is CC(CCC(=O)NC(CCC1(C)N=N1)C(=O)NCN=[N+]=[N-])C1CCC2C3CCC4CC(O)CCC4(C)C3CC(O)C12C. The Morgan fingerprint density at radius 2 is 1.81 bits per heavy atom. The highest BCUT2D eigenvalue weighted by atomic mass is 16.3. The van der Waals surface area contributed by atoms with Gasteiger partial charge in [0.2, 0.25) is 11.8 Å². The topological polar surface area (TPSA) is 172 Å². The van der Waals surface area contributed by atoms with Crippen LogP contribution in [-0.2, 0) is 9.59 Å². The number of amides is 2. The summed E-state index contributed by atoms with van der Waals surface area (Å²) in [4.78, 5) is 28.4. The molecule has 11 heteroatoms. The Morgan fingerprint density at radius 3 is 2.52 bits per heavy atom. The van der Waals surface area contributed by atoms with Gasteiger partial charge in [-0.15, -0.1) is 0 Å². The van der Waals surface area contributed by atoms with Crippen molar-refractivity contribution in [2.75, 3.05) is 6.67 Å². The summed E-state index contributed by atoms with van der Waals surface area (Å²) in [6, 6.07) is -0.743. The molecule has 5 rings (SSSR count). The average Bonchev–Trinajstić information content (AvgIpc) is 3.58. The van der Waals surface area contributed by atoms with E-state index in [0.717, 1.165) is 38.5 Å². The second-order valence-corrected chi connectivity index (χ2v) is 14.9. The smallest absolute Gasteiger partial charge is 0.242 e. The van der Waals surface area contributed by atoms with Crippen LogP contribution >= 0.6 is 0 Å². The molecule has 0 spiro atoms. The van der Waals surface area contributed by atoms with E-state index in [-0.39, 0.29) is 47.4 Å². The second-order valence-electron chi connectivity index (χ2n) is 14.9. The van der Waals surface area contributed by atoms with Crippen LogP contribution in [0.3, 0.4) is 0 Å². The van der Waals surface area contributed by atoms with E-state index in [1.165, 1.54) is 12.8 Å². The van der Waals surface area contributed by atoms with E-state index in [1.54, 1.807) is 0 Å². The molecule has 42 heavy (non-hydrogen) atoms. The quantitative estimate of drug-likeness (QED) is 0.148. The molecule has 11 atom stereocenters. The number of hydrogen-bond acceptors (Lipinski definition) is 7. The summed E-state index contributed by atoms with van der Waals surface area (Å²) in [6.07, 6.45) is 9.79. The molecule has 5 aliphatic rings. The van der Waals surface area contributed by atoms with Crippen LogP contribution < -0.4 is 10.6 Å². The minimum atomic E-state index is -0.743. The zero-order valence-electron chi connectivity index (χ0n) is 25.8. The van der Waals surface area contributed by atoms with E-state index in [0.29, 0.717) is 55.3 Å². The zero-order valence-corrected chi connectivity index (χ0v) is 25.8. The highest BCUT2D eigenvalue weighted by Gasteiger charge is 2.63. The van der Waals surface area contributed by atoms with Crippen molar-refractivity contribution >= 4 is 11.8 Å². The molecule has 0 aromatic heterocycles. The van der Waals surface area contributed by atoms with Crippen molar-refractivity contribution in [1.82, 2.24) is 10.6 Å². The number of azide groups is 1. The Balaban J connectivity index is 1.19. The third-order valence-corrected chi connectivity index (χ3v) is 12.7. The Labute approximate surface area is 249 Å². The molecule has 0 aromatic carbocycles. The van der Waals surface area contributed by atoms with Crippen LogP contribution in [0.4, 0.5) is 0 Å². The normalized spacial score (nSPS) is 40.9. The van der Waals surface area contributed by atoms with Gasteiger partial charge in [0, 0.05) is 11.3 Å². The molecule has 4 aliphatic carbocycles. The summed E-state index contributed by atoms with van der Waals surface area (Å²) in [5.74, 6) is 2.30. The minimum Gasteiger partial charge on any atom is -0.393 e. The molecule has 1 aliphatic heterocycles. The molecule has 4 fully saturated rings. The number of rotatable bonds is 11. The van der Waals surface area contributed by atoms with E-state index >= 15 is 0 Å². The maximum atomic E-state index is 13.1. The van der Waals surface area contributed by atoms with Gasteiger partial charge in [0.25, 0.3) is 0 Å². The summed E-state index contributed by atoms with van der Waals surface area (Å²) >= 11 is 0. The second kappa shape index (κ2) is 12.0. The first-order chi connectivity index (χ1) is 19.9. The van der Waals surface area contributed by atoms with Crippen LogP contribution in [0.1, 0.15) is 105 Å². The fourth-order valence-electron chi connectivity index (χ4n) is 10.1. The maximum absolute atomic E-state index is 13.1. The number of carbonyl (C=O) groups is 2. The van der Waals surface area contributed by atoms with Crippen molar-refractivity contribution in [2.24, 2.45) is 61.7 Å². The fourth-order valence-corrected chi connectivity index (χ4v) is 10.1. The van der Waals surface area contributed by atoms with Crippen molar-refractivity contribution < 1.29 is 19.8 Å². The van der Waals surface area contributed by atoms with Gasteiger partial charge in [0.1, 0.15) is 6.04 Å². The van der Waals surface area contributed by atoms with Crippen LogP contribution in [0, 0.1) is 46.3 Å². The van der Waals surface area contributed by atoms with Gasteiger partial charge in [-0.05, 0) is 129 Å². The van der Waals surface area contributed by atoms with Crippen molar-refractivity contribution in [3.8, 4) is 0 Å². The predicted molar refractivity (Wildman–Crippen MR) is 158 cm³/mol. The third-order valence-electron chi connectivity index (χ3n) is 12.7. The molecular weight excluding hydrogens is 534 g/mol. The lowest BCUT2D eigenvalue weighted by molar-refractivity contribution is -0.175. The Morgan fingerprint density at radius 1 is 1.05 bits per heavy atom. The van der Waals surface area contributed by atoms with Gasteiger partial charge in [0.05, 0.1) is 18.9 Å². The highest BCUT2D eigenvalue weighted by molar-refractivity contribution is 5.87. The molecule has 0 radical (unpaired) electrons. The van der Waals surface area contributed by atoms with Gasteiger partial charge in [-0.2, -0.15) is 10.2 Å². The standard InChI is InChI=1S/C31H51N7O4/c1-18(5-10-27(41)35-25(12-14-30(3)36-37-30)28(42)33-17-34-38-32)22-8-9-23-21-7-6-19-15-20(39)11-13-29(19,2)24(21)16-26(40)31(22,23)4/h18-26,39-40H,5-17H2,1-4H3,(H,33,42)(H,35,41). The monoisotopic (exact) mass is 585 g/mol. The fraction of sp³-hybridized carbons (Fsp3) is 0.935. The van der Waals surface area contributed by atoms with E-state index in [4.69, 9.17) is 5.53 Å². The summed E-state index contributed by atoms with van der Waals surface area (Å²) in [5, 5.41) is 39.0. The minimum absolute atomic E-state index is 0.148. The summed E-state index contributed by atoms with van der Waals surface area (Å²) in [5.41, 5.74) is 8.10. The number of aliphatic hydroxyl groups is 2. The average molecular weight is 586 g/mol. The summed E-state index contributed by atoms with van der Waals surface area (Å²) < 4.78 is 0. The van der Waals surface area contributed by atoms with E-state index in [9.17, 15) is 19.8 Å². The number of hydrogen-bond donors (Lipinski definition) is 4. The third kappa shape index (κ3) is 5.93. The van der Waals surface area contributed by atoms with Crippen molar-refractivity contribution in [2.45, 2.75) is 129 Å². The summed E-state index contributed by atoms with van der Waals surface area (Å²) in [7, 11) is 0. The van der Waals surface area contributed by atoms with Crippen LogP contribution in [0.15, 0.2) is 15.3 Å². The molecule has 11 nitrogen and oxygen atoms in total. The van der Waals surface area contributed by atoms with E-state index < -0.39 is 11.7 Å². The molecule has 4 saturated carbocycles. The number of carbonyl (C=O) groups excluding carboxylic acids is 2. The molecule has 0 saturated heterocycles. The number of aliphatic hydroxyl groups excluding tert-OH is 2. The van der Waals surface area contributed by atoms with Gasteiger partial charge in [-0.25, -0.2) is 0 Å². The number of nitrogens with one attached hydrogen (secondary N) is 2. The highest BCUT2D eigenvalue weighted by Crippen LogP contribution is 2.68. The lowest BCUT2D eigenvalue weighted by atomic mass is 9.43. The van der Waals surface area contributed by atoms with Crippen LogP contribution in [0.2, 0.25) is 0 Å². The number of nitrogens with zero attached hydrogens (tertiary/aromatic N) is 5. The van der Waals surface area contributed by atoms with Crippen molar-refractivity contribution in [3.05, 3.63) is 10.4 Å². The summed E-state index contributed by atoms with van der Waals surface area (Å²) in [6.45, 7) is 8.71. The largest absolute Gasteiger partial charge is 0.393 e. The van der Waals surface area contributed by atoms with Crippen LogP contribution in [-0.4, -0.2) is 52.6 Å². The van der Waals surface area contributed by atoms with Crippen molar-refractivity contribution in [1.29, 1.82) is 0 Å². The lowest BCUT2D eigenvalue weighted by Crippen LogP contribution is -2.58. The van der Waals surface area contributed by atoms with Crippen LogP contribution in [0.25, 0.3) is 10.4 Å². The van der Waals surface area contributed by atoms with Crippen LogP contribution in [0.5, 0.6) is 0 Å². The molecule has 234 valence electrons. The first-order valence-electron chi connectivity index (χ1n) is 16.3. The molecule has 0 aromatic rings. The zero-order chi connectivity index (χ0) is 30.3.